The molecule has 5 rings (SSSR count). The molecule has 9 atom stereocenters. The lowest BCUT2D eigenvalue weighted by Gasteiger charge is -2.63. The number of ketones is 2. The first-order chi connectivity index (χ1) is 21.6. The molecule has 0 spiro atoms. The second kappa shape index (κ2) is 11.4. The van der Waals surface area contributed by atoms with Crippen LogP contribution in [-0.2, 0) is 25.3 Å². The Balaban J connectivity index is 1.55. The SMILES string of the molecule is CCC(=O)O[C@]1(C(=O)SC(C)(C)C(=O)c2ccc(C(F)(F)F)cc2)[C@H](C)C[C@H]2[C@@H]3C[C@H](F)C4=CC(=O)C=C[C@]4(C)[C@@]3(F)[C@@H](O)C[C@@]21C. The molecule has 1 aromatic carbocycles. The van der Waals surface area contributed by atoms with Gasteiger partial charge in [0.05, 0.1) is 16.4 Å². The first-order valence-corrected chi connectivity index (χ1v) is 16.6. The number of aliphatic hydroxyl groups is 1. The largest absolute Gasteiger partial charge is 0.449 e. The number of hydrogen-bond donors (Lipinski definition) is 1. The minimum absolute atomic E-state index is 0.0451. The van der Waals surface area contributed by atoms with Gasteiger partial charge in [-0.25, -0.2) is 8.78 Å². The van der Waals surface area contributed by atoms with Gasteiger partial charge in [0, 0.05) is 34.7 Å². The zero-order valence-electron chi connectivity index (χ0n) is 27.0. The fourth-order valence-electron chi connectivity index (χ4n) is 8.98. The van der Waals surface area contributed by atoms with Gasteiger partial charge in [0.25, 0.3) is 0 Å². The van der Waals surface area contributed by atoms with Gasteiger partial charge in [-0.1, -0.05) is 50.7 Å². The van der Waals surface area contributed by atoms with Gasteiger partial charge in [0.1, 0.15) is 6.17 Å². The van der Waals surface area contributed by atoms with Crippen LogP contribution in [0.1, 0.15) is 83.1 Å². The van der Waals surface area contributed by atoms with Crippen LogP contribution < -0.4 is 0 Å². The van der Waals surface area contributed by atoms with Crippen LogP contribution in [0.15, 0.2) is 48.1 Å². The smallest absolute Gasteiger partial charge is 0.416 e. The molecule has 6 nitrogen and oxygen atoms in total. The zero-order chi connectivity index (χ0) is 35.1. The summed E-state index contributed by atoms with van der Waals surface area (Å²) in [5, 5.41) is 11.0. The lowest BCUT2D eigenvalue weighted by atomic mass is 9.44. The van der Waals surface area contributed by atoms with Gasteiger partial charge < -0.3 is 9.84 Å². The highest BCUT2D eigenvalue weighted by molar-refractivity contribution is 8.15. The summed E-state index contributed by atoms with van der Waals surface area (Å²) in [5.41, 5.74) is -8.47. The third kappa shape index (κ3) is 5.06. The Labute approximate surface area is 274 Å². The molecule has 0 amide bonds. The van der Waals surface area contributed by atoms with Gasteiger partial charge in [0.15, 0.2) is 22.8 Å². The van der Waals surface area contributed by atoms with Crippen molar-refractivity contribution in [1.29, 1.82) is 0 Å². The molecule has 0 radical (unpaired) electrons. The first-order valence-electron chi connectivity index (χ1n) is 15.7. The van der Waals surface area contributed by atoms with E-state index in [-0.39, 0.29) is 36.8 Å². The van der Waals surface area contributed by atoms with E-state index in [2.05, 4.69) is 0 Å². The molecule has 1 aromatic rings. The second-order valence-corrected chi connectivity index (χ2v) is 16.0. The maximum Gasteiger partial charge on any atom is 0.416 e. The van der Waals surface area contributed by atoms with Crippen LogP contribution in [0.2, 0.25) is 0 Å². The number of halogens is 5. The van der Waals surface area contributed by atoms with E-state index in [4.69, 9.17) is 4.74 Å². The summed E-state index contributed by atoms with van der Waals surface area (Å²) in [7, 11) is 0. The molecule has 1 N–H and O–H groups in total. The van der Waals surface area contributed by atoms with Gasteiger partial charge in [0.2, 0.25) is 5.12 Å². The van der Waals surface area contributed by atoms with Crippen molar-refractivity contribution < 1.29 is 51.0 Å². The van der Waals surface area contributed by atoms with Crippen molar-refractivity contribution in [3.05, 3.63) is 59.2 Å². The number of carbonyl (C=O) groups is 4. The fourth-order valence-corrected chi connectivity index (χ4v) is 10.3. The molecule has 12 heteroatoms. The van der Waals surface area contributed by atoms with Gasteiger partial charge in [-0.05, 0) is 75.8 Å². The summed E-state index contributed by atoms with van der Waals surface area (Å²) in [6, 6.07) is 3.62. The van der Waals surface area contributed by atoms with E-state index in [1.165, 1.54) is 39.8 Å². The lowest BCUT2D eigenvalue weighted by molar-refractivity contribution is -0.228. The zero-order valence-corrected chi connectivity index (χ0v) is 27.9. The predicted molar refractivity (Wildman–Crippen MR) is 165 cm³/mol. The minimum Gasteiger partial charge on any atom is -0.449 e. The Morgan fingerprint density at radius 3 is 2.26 bits per heavy atom. The van der Waals surface area contributed by atoms with Crippen molar-refractivity contribution in [2.24, 2.45) is 28.6 Å². The molecule has 0 unspecified atom stereocenters. The normalized spacial score (nSPS) is 38.2. The van der Waals surface area contributed by atoms with Crippen molar-refractivity contribution in [3.8, 4) is 0 Å². The van der Waals surface area contributed by atoms with E-state index >= 15 is 8.78 Å². The molecule has 0 aromatic heterocycles. The van der Waals surface area contributed by atoms with E-state index in [0.29, 0.717) is 11.8 Å². The Hall–Kier alpha value is -2.86. The molecule has 4 aliphatic rings. The van der Waals surface area contributed by atoms with Gasteiger partial charge in [-0.15, -0.1) is 0 Å². The molecule has 0 heterocycles. The van der Waals surface area contributed by atoms with Crippen molar-refractivity contribution in [1.82, 2.24) is 0 Å². The third-order valence-electron chi connectivity index (χ3n) is 11.4. The number of Topliss-reactive ketones (excluding diaryl/α,β-unsaturated/α-hetero) is 1. The minimum atomic E-state index is -4.61. The number of hydrogen-bond acceptors (Lipinski definition) is 7. The number of thioether (sulfide) groups is 1. The first kappa shape index (κ1) is 35.4. The summed E-state index contributed by atoms with van der Waals surface area (Å²) in [6.45, 7) is 9.18. The van der Waals surface area contributed by atoms with Crippen LogP contribution in [0.4, 0.5) is 22.0 Å². The van der Waals surface area contributed by atoms with Crippen molar-refractivity contribution >= 4 is 34.4 Å². The number of benzene rings is 1. The molecule has 4 aliphatic carbocycles. The van der Waals surface area contributed by atoms with Crippen LogP contribution in [0, 0.1) is 28.6 Å². The van der Waals surface area contributed by atoms with E-state index in [0.717, 1.165) is 30.3 Å². The summed E-state index contributed by atoms with van der Waals surface area (Å²) in [6.07, 6.45) is -5.17. The number of rotatable bonds is 6. The molecule has 47 heavy (non-hydrogen) atoms. The Morgan fingerprint density at radius 2 is 1.68 bits per heavy atom. The number of alkyl halides is 5. The van der Waals surface area contributed by atoms with Gasteiger partial charge in [-0.3, -0.25) is 19.2 Å². The topological polar surface area (TPSA) is 97.7 Å². The van der Waals surface area contributed by atoms with Crippen LogP contribution in [-0.4, -0.2) is 56.1 Å². The molecule has 0 saturated heterocycles. The molecular weight excluding hydrogens is 643 g/mol. The Kier molecular flexibility index (Phi) is 8.56. The van der Waals surface area contributed by atoms with Crippen LogP contribution in [0.25, 0.3) is 0 Å². The fraction of sp³-hybridized carbons (Fsp3) is 0.600. The van der Waals surface area contributed by atoms with E-state index in [1.54, 1.807) is 13.8 Å². The van der Waals surface area contributed by atoms with Crippen LogP contribution in [0.3, 0.4) is 0 Å². The summed E-state index contributed by atoms with van der Waals surface area (Å²) < 4.78 is 77.5. The average molecular weight is 683 g/mol. The maximum absolute atomic E-state index is 17.7. The lowest BCUT2D eigenvalue weighted by Crippen LogP contribution is -2.70. The highest BCUT2D eigenvalue weighted by atomic mass is 32.2. The highest BCUT2D eigenvalue weighted by Crippen LogP contribution is 2.72. The summed E-state index contributed by atoms with van der Waals surface area (Å²) >= 11 is 0.574. The van der Waals surface area contributed by atoms with Crippen molar-refractivity contribution in [3.63, 3.8) is 0 Å². The molecule has 3 fully saturated rings. The maximum atomic E-state index is 17.7. The number of allylic oxidation sites excluding steroid dienone is 4. The monoisotopic (exact) mass is 682 g/mol. The van der Waals surface area contributed by atoms with E-state index in [1.807, 2.05) is 0 Å². The van der Waals surface area contributed by atoms with Crippen molar-refractivity contribution in [2.45, 2.75) is 102 Å². The standard InChI is InChI=1S/C35H39F5O6S/c1-7-27(43)46-34(29(45)47-30(3,4)28(44)19-8-10-20(11-9-19)35(38,39)40)18(2)14-22-23-16-25(36)24-15-21(41)12-13-31(24,5)33(23,37)26(42)17-32(22,34)6/h8-13,15,18,22-23,25-26,42H,7,14,16-17H2,1-6H3/t18-,22+,23+,25+,26+,31+,32+,33+,34+/m1/s1. The quantitative estimate of drug-likeness (QED) is 0.193. The second-order valence-electron chi connectivity index (χ2n) is 14.4. The number of carbonyl (C=O) groups excluding carboxylic acids is 4. The summed E-state index contributed by atoms with van der Waals surface area (Å²) in [4.78, 5) is 53.4. The Morgan fingerprint density at radius 1 is 1.06 bits per heavy atom. The number of aliphatic hydroxyl groups excluding tert-OH is 1. The van der Waals surface area contributed by atoms with Crippen molar-refractivity contribution in [2.75, 3.05) is 0 Å². The van der Waals surface area contributed by atoms with E-state index in [9.17, 15) is 37.5 Å². The third-order valence-corrected chi connectivity index (χ3v) is 12.6. The number of ether oxygens (including phenoxy) is 1. The van der Waals surface area contributed by atoms with Gasteiger partial charge >= 0.3 is 12.1 Å². The Bertz CT molecular complexity index is 1570. The predicted octanol–water partition coefficient (Wildman–Crippen LogP) is 7.18. The highest BCUT2D eigenvalue weighted by Gasteiger charge is 2.78. The molecule has 3 saturated carbocycles. The molecule has 0 bridgehead atoms. The number of fused-ring (bicyclic) bond motifs is 5. The number of esters is 1. The summed E-state index contributed by atoms with van der Waals surface area (Å²) in [5.74, 6) is -4.48. The van der Waals surface area contributed by atoms with Gasteiger partial charge in [-0.2, -0.15) is 13.2 Å². The molecular formula is C35H39F5O6S. The van der Waals surface area contributed by atoms with Crippen LogP contribution >= 0.6 is 11.8 Å². The van der Waals surface area contributed by atoms with Crippen LogP contribution in [0.5, 0.6) is 0 Å². The van der Waals surface area contributed by atoms with E-state index < -0.39 is 91.3 Å². The molecule has 256 valence electrons. The molecule has 0 aliphatic heterocycles. The average Bonchev–Trinajstić information content (AvgIpc) is 3.20.